The summed E-state index contributed by atoms with van der Waals surface area (Å²) in [7, 11) is 2.16. The molecule has 0 saturated carbocycles. The fraction of sp³-hybridized carbons (Fsp3) is 0.400. The number of benzene rings is 1. The van der Waals surface area contributed by atoms with E-state index in [0.717, 1.165) is 12.8 Å². The molecule has 0 amide bonds. The molecular weight excluding hydrogens is 284 g/mol. The van der Waals surface area contributed by atoms with E-state index in [4.69, 9.17) is 4.79 Å². The number of pyridine rings is 1. The third-order valence-corrected chi connectivity index (χ3v) is 3.01. The van der Waals surface area contributed by atoms with E-state index >= 15 is 0 Å². The summed E-state index contributed by atoms with van der Waals surface area (Å²) in [5, 5.41) is 0. The number of nitrogens with zero attached hydrogens (tertiary/aromatic N) is 2. The molecule has 2 aromatic rings. The lowest BCUT2D eigenvalue weighted by atomic mass is 10.2. The first-order valence-electron chi connectivity index (χ1n) is 8.12. The maximum Gasteiger partial charge on any atom is 0.116 e. The van der Waals surface area contributed by atoms with Crippen molar-refractivity contribution in [3.8, 4) is 0 Å². The Morgan fingerprint density at radius 2 is 1.78 bits per heavy atom. The lowest BCUT2D eigenvalue weighted by Crippen LogP contribution is -2.18. The number of aryl methyl sites for hydroxylation is 1. The van der Waals surface area contributed by atoms with Crippen LogP contribution in [0.25, 0.3) is 0 Å². The largest absolute Gasteiger partial charge is 0.304 e. The summed E-state index contributed by atoms with van der Waals surface area (Å²) in [4.78, 5) is 15.2. The molecule has 0 spiro atoms. The van der Waals surface area contributed by atoms with E-state index in [9.17, 15) is 0 Å². The van der Waals surface area contributed by atoms with Gasteiger partial charge in [0.2, 0.25) is 0 Å². The van der Waals surface area contributed by atoms with Gasteiger partial charge in [0.15, 0.2) is 0 Å². The van der Waals surface area contributed by atoms with E-state index < -0.39 is 0 Å². The van der Waals surface area contributed by atoms with Crippen molar-refractivity contribution in [3.63, 3.8) is 0 Å². The van der Waals surface area contributed by atoms with Gasteiger partial charge in [-0.2, -0.15) is 0 Å². The number of carbonyl (C=O) groups is 1. The summed E-state index contributed by atoms with van der Waals surface area (Å²) in [6.07, 6.45) is 7.03. The summed E-state index contributed by atoms with van der Waals surface area (Å²) in [5.41, 5.74) is 2.61. The van der Waals surface area contributed by atoms with E-state index in [0.29, 0.717) is 0 Å². The maximum absolute atomic E-state index is 8.81. The Morgan fingerprint density at radius 1 is 1.13 bits per heavy atom. The van der Waals surface area contributed by atoms with Crippen LogP contribution in [0, 0.1) is 6.92 Å². The molecule has 0 atom stereocenters. The van der Waals surface area contributed by atoms with E-state index in [1.165, 1.54) is 37.4 Å². The summed E-state index contributed by atoms with van der Waals surface area (Å²) < 4.78 is 0. The first-order chi connectivity index (χ1) is 11.1. The van der Waals surface area contributed by atoms with Gasteiger partial charge in [0.25, 0.3) is 0 Å². The monoisotopic (exact) mass is 314 g/mol. The summed E-state index contributed by atoms with van der Waals surface area (Å²) >= 11 is 0. The summed E-state index contributed by atoms with van der Waals surface area (Å²) in [6, 6.07) is 14.4. The van der Waals surface area contributed by atoms with Gasteiger partial charge in [-0.3, -0.25) is 4.98 Å². The van der Waals surface area contributed by atoms with Crippen molar-refractivity contribution in [2.45, 2.75) is 40.2 Å². The molecule has 0 aliphatic carbocycles. The molecule has 1 heterocycles. The Morgan fingerprint density at radius 3 is 2.22 bits per heavy atom. The number of aldehydes is 1. The molecule has 0 N–H and O–H groups in total. The highest BCUT2D eigenvalue weighted by atomic mass is 16.1. The number of unbranched alkanes of at least 4 members (excludes halogenated alkanes) is 1. The van der Waals surface area contributed by atoms with Gasteiger partial charge >= 0.3 is 0 Å². The molecule has 2 rings (SSSR count). The van der Waals surface area contributed by atoms with Crippen molar-refractivity contribution >= 4 is 6.29 Å². The molecule has 3 nitrogen and oxygen atoms in total. The molecule has 0 bridgehead atoms. The predicted octanol–water partition coefficient (Wildman–Crippen LogP) is 4.51. The van der Waals surface area contributed by atoms with Crippen LogP contribution in [0.5, 0.6) is 0 Å². The van der Waals surface area contributed by atoms with Crippen LogP contribution in [0.15, 0.2) is 54.9 Å². The maximum atomic E-state index is 8.81. The van der Waals surface area contributed by atoms with E-state index in [1.807, 2.05) is 36.7 Å². The smallest absolute Gasteiger partial charge is 0.116 e. The molecule has 1 aromatic heterocycles. The number of carbonyl (C=O) groups excluding carboxylic acids is 1. The summed E-state index contributed by atoms with van der Waals surface area (Å²) in [6.45, 7) is 7.93. The summed E-state index contributed by atoms with van der Waals surface area (Å²) in [5.74, 6) is 0. The van der Waals surface area contributed by atoms with Gasteiger partial charge in [0.05, 0.1) is 0 Å². The van der Waals surface area contributed by atoms with Crippen molar-refractivity contribution in [2.24, 2.45) is 0 Å². The van der Waals surface area contributed by atoms with Crippen LogP contribution >= 0.6 is 0 Å². The van der Waals surface area contributed by atoms with Gasteiger partial charge in [-0.15, -0.1) is 0 Å². The average molecular weight is 314 g/mol. The third-order valence-electron chi connectivity index (χ3n) is 3.01. The Hall–Kier alpha value is -2.00. The highest BCUT2D eigenvalue weighted by Gasteiger charge is 1.98. The quantitative estimate of drug-likeness (QED) is 0.761. The Labute approximate surface area is 141 Å². The van der Waals surface area contributed by atoms with E-state index in [2.05, 4.69) is 49.0 Å². The molecule has 126 valence electrons. The van der Waals surface area contributed by atoms with Crippen LogP contribution in [-0.4, -0.2) is 29.8 Å². The molecule has 3 heteroatoms. The topological polar surface area (TPSA) is 33.2 Å². The Bertz CT molecular complexity index is 486. The van der Waals surface area contributed by atoms with Gasteiger partial charge in [-0.05, 0) is 45.5 Å². The lowest BCUT2D eigenvalue weighted by Gasteiger charge is -2.15. The lowest BCUT2D eigenvalue weighted by molar-refractivity contribution is -0.106. The standard InChI is InChI=1S/C11H18N2.C7H8.C2H4O/c1-3-4-8-13(2)10-11-6-5-7-12-9-11;1-7-5-3-2-4-6-7;1-2-3/h5-7,9H,3-4,8,10H2,1-2H3;2-6H,1H3;2H,1H3. The zero-order chi connectivity index (χ0) is 17.3. The highest BCUT2D eigenvalue weighted by molar-refractivity contribution is 5.44. The normalized spacial score (nSPS) is 9.26. The van der Waals surface area contributed by atoms with Gasteiger partial charge in [0.1, 0.15) is 6.29 Å². The van der Waals surface area contributed by atoms with Crippen LogP contribution in [0.3, 0.4) is 0 Å². The van der Waals surface area contributed by atoms with Gasteiger partial charge in [0, 0.05) is 18.9 Å². The van der Waals surface area contributed by atoms with Gasteiger partial charge in [-0.1, -0.05) is 55.3 Å². The van der Waals surface area contributed by atoms with Crippen LogP contribution < -0.4 is 0 Å². The molecule has 0 radical (unpaired) electrons. The van der Waals surface area contributed by atoms with E-state index in [1.54, 1.807) is 0 Å². The molecule has 0 aliphatic rings. The SMILES string of the molecule is CC=O.CCCCN(C)Cc1cccnc1.Cc1ccccc1. The second-order valence-electron chi connectivity index (χ2n) is 5.34. The second kappa shape index (κ2) is 14.9. The van der Waals surface area contributed by atoms with Crippen LogP contribution in [0.4, 0.5) is 0 Å². The molecule has 0 saturated heterocycles. The average Bonchev–Trinajstić information content (AvgIpc) is 2.56. The van der Waals surface area contributed by atoms with E-state index in [-0.39, 0.29) is 0 Å². The van der Waals surface area contributed by atoms with Crippen LogP contribution in [0.1, 0.15) is 37.8 Å². The Balaban J connectivity index is 0.000000404. The van der Waals surface area contributed by atoms with Crippen molar-refractivity contribution < 1.29 is 4.79 Å². The highest BCUT2D eigenvalue weighted by Crippen LogP contribution is 2.01. The van der Waals surface area contributed by atoms with Crippen molar-refractivity contribution in [2.75, 3.05) is 13.6 Å². The van der Waals surface area contributed by atoms with Gasteiger partial charge < -0.3 is 9.69 Å². The van der Waals surface area contributed by atoms with Crippen molar-refractivity contribution in [1.82, 2.24) is 9.88 Å². The zero-order valence-corrected chi connectivity index (χ0v) is 14.9. The molecule has 0 unspecified atom stereocenters. The molecular formula is C20H30N2O. The van der Waals surface area contributed by atoms with Crippen molar-refractivity contribution in [1.29, 1.82) is 0 Å². The van der Waals surface area contributed by atoms with Crippen molar-refractivity contribution in [3.05, 3.63) is 66.0 Å². The molecule has 0 aliphatic heterocycles. The Kier molecular flexibility index (Phi) is 13.6. The molecule has 23 heavy (non-hydrogen) atoms. The number of hydrogen-bond donors (Lipinski definition) is 0. The molecule has 1 aromatic carbocycles. The number of hydrogen-bond acceptors (Lipinski definition) is 3. The minimum atomic E-state index is 0.750. The fourth-order valence-electron chi connectivity index (χ4n) is 1.84. The van der Waals surface area contributed by atoms with Crippen LogP contribution in [-0.2, 0) is 11.3 Å². The minimum absolute atomic E-state index is 0.750. The fourth-order valence-corrected chi connectivity index (χ4v) is 1.84. The van der Waals surface area contributed by atoms with Gasteiger partial charge in [-0.25, -0.2) is 0 Å². The minimum Gasteiger partial charge on any atom is -0.304 e. The number of rotatable bonds is 5. The first-order valence-corrected chi connectivity index (χ1v) is 8.12. The predicted molar refractivity (Wildman–Crippen MR) is 98.4 cm³/mol. The number of aromatic nitrogens is 1. The van der Waals surface area contributed by atoms with Crippen LogP contribution in [0.2, 0.25) is 0 Å². The molecule has 0 fully saturated rings. The second-order valence-corrected chi connectivity index (χ2v) is 5.34. The third kappa shape index (κ3) is 13.4. The first kappa shape index (κ1) is 21.0. The zero-order valence-electron chi connectivity index (χ0n) is 14.9.